The van der Waals surface area contributed by atoms with Gasteiger partial charge in [0.2, 0.25) is 5.91 Å². The fourth-order valence-electron chi connectivity index (χ4n) is 3.35. The second-order valence-corrected chi connectivity index (χ2v) is 8.48. The minimum atomic E-state index is -0.341. The minimum Gasteiger partial charge on any atom is -0.326 e. The highest BCUT2D eigenvalue weighted by molar-refractivity contribution is 8.00. The standard InChI is InChI=1S/C25H21N3O2S/c1-16(24(30)19-12-14-20(15-13-19)26-17(2)29)31-25-22-11-7-6-10-21(22)23(27-28-25)18-8-4-3-5-9-18/h3-16H,1-2H3,(H,26,29)/t16-/m0/s1. The van der Waals surface area contributed by atoms with Crippen LogP contribution in [0, 0.1) is 0 Å². The van der Waals surface area contributed by atoms with Gasteiger partial charge in [0.1, 0.15) is 10.7 Å². The van der Waals surface area contributed by atoms with Crippen molar-refractivity contribution in [2.24, 2.45) is 0 Å². The Bertz CT molecular complexity index is 1240. The van der Waals surface area contributed by atoms with E-state index in [1.54, 1.807) is 24.3 Å². The SMILES string of the molecule is CC(=O)Nc1ccc(C(=O)[C@H](C)Sc2nnc(-c3ccccc3)c3ccccc23)cc1. The Kier molecular flexibility index (Phi) is 6.09. The van der Waals surface area contributed by atoms with E-state index in [4.69, 9.17) is 0 Å². The van der Waals surface area contributed by atoms with Crippen molar-refractivity contribution in [3.05, 3.63) is 84.4 Å². The molecular weight excluding hydrogens is 406 g/mol. The smallest absolute Gasteiger partial charge is 0.221 e. The van der Waals surface area contributed by atoms with Gasteiger partial charge >= 0.3 is 0 Å². The van der Waals surface area contributed by atoms with Crippen LogP contribution in [0.1, 0.15) is 24.2 Å². The van der Waals surface area contributed by atoms with Crippen molar-refractivity contribution in [3.63, 3.8) is 0 Å². The third kappa shape index (κ3) is 4.64. The molecule has 0 fully saturated rings. The van der Waals surface area contributed by atoms with Crippen LogP contribution in [0.15, 0.2) is 83.9 Å². The van der Waals surface area contributed by atoms with Gasteiger partial charge in [-0.3, -0.25) is 9.59 Å². The summed E-state index contributed by atoms with van der Waals surface area (Å²) in [6.07, 6.45) is 0. The summed E-state index contributed by atoms with van der Waals surface area (Å²) in [5.41, 5.74) is 3.09. The van der Waals surface area contributed by atoms with Gasteiger partial charge < -0.3 is 5.32 Å². The van der Waals surface area contributed by atoms with E-state index >= 15 is 0 Å². The van der Waals surface area contributed by atoms with Crippen LogP contribution in [-0.2, 0) is 4.79 Å². The lowest BCUT2D eigenvalue weighted by atomic mass is 10.1. The number of thioether (sulfide) groups is 1. The molecule has 0 spiro atoms. The first-order valence-electron chi connectivity index (χ1n) is 9.92. The summed E-state index contributed by atoms with van der Waals surface area (Å²) in [5, 5.41) is 14.0. The topological polar surface area (TPSA) is 72.0 Å². The van der Waals surface area contributed by atoms with Crippen molar-refractivity contribution in [2.45, 2.75) is 24.1 Å². The molecule has 4 rings (SSSR count). The van der Waals surface area contributed by atoms with Gasteiger partial charge in [-0.1, -0.05) is 66.4 Å². The van der Waals surface area contributed by atoms with Gasteiger partial charge in [0.25, 0.3) is 0 Å². The molecule has 0 unspecified atom stereocenters. The molecule has 0 aliphatic heterocycles. The number of nitrogens with one attached hydrogen (secondary N) is 1. The summed E-state index contributed by atoms with van der Waals surface area (Å²) >= 11 is 1.40. The molecular formula is C25H21N3O2S. The number of fused-ring (bicyclic) bond motifs is 1. The molecule has 1 atom stereocenters. The van der Waals surface area contributed by atoms with E-state index in [1.165, 1.54) is 18.7 Å². The largest absolute Gasteiger partial charge is 0.326 e. The fourth-order valence-corrected chi connectivity index (χ4v) is 4.32. The Balaban J connectivity index is 1.60. The van der Waals surface area contributed by atoms with E-state index in [0.29, 0.717) is 11.3 Å². The second-order valence-electron chi connectivity index (χ2n) is 7.15. The number of anilines is 1. The molecule has 4 aromatic rings. The van der Waals surface area contributed by atoms with E-state index in [2.05, 4.69) is 15.5 Å². The predicted molar refractivity (Wildman–Crippen MR) is 125 cm³/mol. The summed E-state index contributed by atoms with van der Waals surface area (Å²) in [5.74, 6) is -0.148. The maximum absolute atomic E-state index is 13.0. The molecule has 1 aromatic heterocycles. The van der Waals surface area contributed by atoms with Crippen LogP contribution in [-0.4, -0.2) is 27.1 Å². The molecule has 1 amide bonds. The molecule has 0 bridgehead atoms. The maximum Gasteiger partial charge on any atom is 0.221 e. The number of benzene rings is 3. The van der Waals surface area contributed by atoms with Gasteiger partial charge in [-0.15, -0.1) is 10.2 Å². The highest BCUT2D eigenvalue weighted by Crippen LogP contribution is 2.34. The van der Waals surface area contributed by atoms with Gasteiger partial charge in [-0.2, -0.15) is 0 Å². The lowest BCUT2D eigenvalue weighted by Crippen LogP contribution is -2.14. The monoisotopic (exact) mass is 427 g/mol. The normalized spacial score (nSPS) is 11.8. The average molecular weight is 428 g/mol. The highest BCUT2D eigenvalue weighted by atomic mass is 32.2. The number of aromatic nitrogens is 2. The third-order valence-corrected chi connectivity index (χ3v) is 5.94. The van der Waals surface area contributed by atoms with Crippen LogP contribution in [0.4, 0.5) is 5.69 Å². The molecule has 0 saturated heterocycles. The molecule has 3 aromatic carbocycles. The van der Waals surface area contributed by atoms with E-state index in [1.807, 2.05) is 61.5 Å². The maximum atomic E-state index is 13.0. The first-order chi connectivity index (χ1) is 15.0. The van der Waals surface area contributed by atoms with Crippen molar-refractivity contribution in [1.29, 1.82) is 0 Å². The zero-order valence-electron chi connectivity index (χ0n) is 17.2. The molecule has 1 N–H and O–H groups in total. The molecule has 0 radical (unpaired) electrons. The van der Waals surface area contributed by atoms with E-state index < -0.39 is 0 Å². The van der Waals surface area contributed by atoms with Crippen molar-refractivity contribution in [2.75, 3.05) is 5.32 Å². The lowest BCUT2D eigenvalue weighted by Gasteiger charge is -2.13. The van der Waals surface area contributed by atoms with Crippen LogP contribution in [0.25, 0.3) is 22.0 Å². The van der Waals surface area contributed by atoms with Crippen LogP contribution in [0.3, 0.4) is 0 Å². The molecule has 1 heterocycles. The number of hydrogen-bond donors (Lipinski definition) is 1. The van der Waals surface area contributed by atoms with Crippen LogP contribution >= 0.6 is 11.8 Å². The Morgan fingerprint density at radius 1 is 0.839 bits per heavy atom. The molecule has 0 saturated carbocycles. The van der Waals surface area contributed by atoms with Crippen LogP contribution < -0.4 is 5.32 Å². The molecule has 0 aliphatic rings. The van der Waals surface area contributed by atoms with E-state index in [0.717, 1.165) is 27.1 Å². The number of nitrogens with zero attached hydrogens (tertiary/aromatic N) is 2. The Morgan fingerprint density at radius 2 is 1.48 bits per heavy atom. The molecule has 154 valence electrons. The number of carbonyl (C=O) groups excluding carboxylic acids is 2. The van der Waals surface area contributed by atoms with E-state index in [9.17, 15) is 9.59 Å². The lowest BCUT2D eigenvalue weighted by molar-refractivity contribution is -0.114. The van der Waals surface area contributed by atoms with E-state index in [-0.39, 0.29) is 16.9 Å². The average Bonchev–Trinajstić information content (AvgIpc) is 2.79. The van der Waals surface area contributed by atoms with Gasteiger partial charge in [0.05, 0.1) is 5.25 Å². The van der Waals surface area contributed by atoms with Gasteiger partial charge in [-0.25, -0.2) is 0 Å². The summed E-state index contributed by atoms with van der Waals surface area (Å²) < 4.78 is 0. The zero-order chi connectivity index (χ0) is 21.8. The summed E-state index contributed by atoms with van der Waals surface area (Å²) in [7, 11) is 0. The zero-order valence-corrected chi connectivity index (χ0v) is 18.0. The summed E-state index contributed by atoms with van der Waals surface area (Å²) in [4.78, 5) is 24.1. The van der Waals surface area contributed by atoms with Crippen molar-refractivity contribution >= 4 is 39.9 Å². The van der Waals surface area contributed by atoms with Gasteiger partial charge in [-0.05, 0) is 31.2 Å². The molecule has 6 heteroatoms. The molecule has 5 nitrogen and oxygen atoms in total. The number of hydrogen-bond acceptors (Lipinski definition) is 5. The van der Waals surface area contributed by atoms with Crippen molar-refractivity contribution in [3.8, 4) is 11.3 Å². The van der Waals surface area contributed by atoms with Gasteiger partial charge in [0, 0.05) is 34.5 Å². The fraction of sp³-hybridized carbons (Fsp3) is 0.120. The second kappa shape index (κ2) is 9.10. The number of amides is 1. The predicted octanol–water partition coefficient (Wildman–Crippen LogP) is 5.62. The Hall–Kier alpha value is -3.51. The van der Waals surface area contributed by atoms with Crippen molar-refractivity contribution < 1.29 is 9.59 Å². The third-order valence-electron chi connectivity index (χ3n) is 4.85. The number of rotatable bonds is 6. The summed E-state index contributed by atoms with van der Waals surface area (Å²) in [6, 6.07) is 24.9. The number of Topliss-reactive ketones (excluding diaryl/α,β-unsaturated/α-hetero) is 1. The first-order valence-corrected chi connectivity index (χ1v) is 10.8. The van der Waals surface area contributed by atoms with Gasteiger partial charge in [0.15, 0.2) is 5.78 Å². The molecule has 31 heavy (non-hydrogen) atoms. The summed E-state index contributed by atoms with van der Waals surface area (Å²) in [6.45, 7) is 3.32. The molecule has 0 aliphatic carbocycles. The van der Waals surface area contributed by atoms with Crippen molar-refractivity contribution in [1.82, 2.24) is 10.2 Å². The Morgan fingerprint density at radius 3 is 2.16 bits per heavy atom. The van der Waals surface area contributed by atoms with Crippen LogP contribution in [0.5, 0.6) is 0 Å². The number of ketones is 1. The Labute approximate surface area is 184 Å². The minimum absolute atomic E-state index is 0.00241. The number of carbonyl (C=O) groups is 2. The first kappa shape index (κ1) is 20.8. The van der Waals surface area contributed by atoms with Crippen LogP contribution in [0.2, 0.25) is 0 Å². The highest BCUT2D eigenvalue weighted by Gasteiger charge is 2.20. The quantitative estimate of drug-likeness (QED) is 0.319.